The van der Waals surface area contributed by atoms with E-state index in [2.05, 4.69) is 15.9 Å². The quantitative estimate of drug-likeness (QED) is 0.513. The van der Waals surface area contributed by atoms with Gasteiger partial charge < -0.3 is 5.11 Å². The van der Waals surface area contributed by atoms with Crippen molar-refractivity contribution < 1.29 is 9.90 Å². The Kier molecular flexibility index (Phi) is 3.52. The van der Waals surface area contributed by atoms with Gasteiger partial charge in [0.05, 0.1) is 0 Å². The Hall–Kier alpha value is -0.310. The standard InChI is InChI=1S/C5H7BrO2/c1-4(6)2-3-5(7)8/h2-4H,1H3,(H,7,8)/b3-2+/t4-/m0/s1. The molecule has 1 atom stereocenters. The van der Waals surface area contributed by atoms with Crippen molar-refractivity contribution in [3.63, 3.8) is 0 Å². The summed E-state index contributed by atoms with van der Waals surface area (Å²) in [6, 6.07) is 0. The summed E-state index contributed by atoms with van der Waals surface area (Å²) in [4.78, 5) is 9.93. The van der Waals surface area contributed by atoms with Gasteiger partial charge in [0.25, 0.3) is 0 Å². The van der Waals surface area contributed by atoms with Crippen molar-refractivity contribution in [1.82, 2.24) is 0 Å². The van der Waals surface area contributed by atoms with Gasteiger partial charge in [-0.15, -0.1) is 0 Å². The summed E-state index contributed by atoms with van der Waals surface area (Å²) < 4.78 is 0. The van der Waals surface area contributed by atoms with E-state index < -0.39 is 5.97 Å². The van der Waals surface area contributed by atoms with E-state index in [-0.39, 0.29) is 4.83 Å². The lowest BCUT2D eigenvalue weighted by molar-refractivity contribution is -0.131. The minimum absolute atomic E-state index is 0.138. The van der Waals surface area contributed by atoms with E-state index >= 15 is 0 Å². The second kappa shape index (κ2) is 3.66. The van der Waals surface area contributed by atoms with Gasteiger partial charge >= 0.3 is 5.97 Å². The van der Waals surface area contributed by atoms with Gasteiger partial charge in [-0.25, -0.2) is 4.79 Å². The van der Waals surface area contributed by atoms with Gasteiger partial charge in [-0.2, -0.15) is 0 Å². The number of hydrogen-bond donors (Lipinski definition) is 1. The van der Waals surface area contributed by atoms with Crippen LogP contribution >= 0.6 is 15.9 Å². The molecule has 0 amide bonds. The van der Waals surface area contributed by atoms with Crippen molar-refractivity contribution in [3.05, 3.63) is 12.2 Å². The predicted molar refractivity (Wildman–Crippen MR) is 35.2 cm³/mol. The molecule has 0 rings (SSSR count). The average molecular weight is 179 g/mol. The molecule has 0 fully saturated rings. The lowest BCUT2D eigenvalue weighted by atomic mass is 10.4. The molecule has 0 aliphatic rings. The van der Waals surface area contributed by atoms with E-state index in [0.717, 1.165) is 6.08 Å². The van der Waals surface area contributed by atoms with Crippen LogP contribution in [0.3, 0.4) is 0 Å². The number of hydrogen-bond acceptors (Lipinski definition) is 1. The van der Waals surface area contributed by atoms with E-state index in [1.54, 1.807) is 6.08 Å². The van der Waals surface area contributed by atoms with Crippen LogP contribution in [0.1, 0.15) is 6.92 Å². The fourth-order valence-corrected chi connectivity index (χ4v) is 0.368. The molecule has 0 radical (unpaired) electrons. The van der Waals surface area contributed by atoms with Gasteiger partial charge in [-0.1, -0.05) is 22.0 Å². The van der Waals surface area contributed by atoms with Crippen molar-refractivity contribution in [3.8, 4) is 0 Å². The van der Waals surface area contributed by atoms with Crippen molar-refractivity contribution in [2.24, 2.45) is 0 Å². The average Bonchev–Trinajstić information content (AvgIpc) is 1.61. The number of aliphatic carboxylic acids is 1. The lowest BCUT2D eigenvalue weighted by Crippen LogP contribution is -1.89. The minimum Gasteiger partial charge on any atom is -0.478 e. The molecule has 3 heteroatoms. The number of carbonyl (C=O) groups is 1. The molecule has 0 aromatic carbocycles. The van der Waals surface area contributed by atoms with Crippen LogP contribution in [0.4, 0.5) is 0 Å². The molecule has 0 spiro atoms. The van der Waals surface area contributed by atoms with E-state index in [1.807, 2.05) is 6.92 Å². The number of carboxylic acids is 1. The van der Waals surface area contributed by atoms with Gasteiger partial charge in [0.2, 0.25) is 0 Å². The van der Waals surface area contributed by atoms with Gasteiger partial charge in [0, 0.05) is 10.9 Å². The second-order valence-electron chi connectivity index (χ2n) is 1.37. The van der Waals surface area contributed by atoms with Gasteiger partial charge in [-0.05, 0) is 6.92 Å². The summed E-state index contributed by atoms with van der Waals surface area (Å²) in [6.07, 6.45) is 2.67. The first-order chi connectivity index (χ1) is 3.63. The molecular formula is C5H7BrO2. The Morgan fingerprint density at radius 3 is 2.50 bits per heavy atom. The fraction of sp³-hybridized carbons (Fsp3) is 0.400. The summed E-state index contributed by atoms with van der Waals surface area (Å²) in [6.45, 7) is 1.85. The number of alkyl halides is 1. The molecule has 2 nitrogen and oxygen atoms in total. The van der Waals surface area contributed by atoms with Crippen molar-refractivity contribution in [2.75, 3.05) is 0 Å². The maximum absolute atomic E-state index is 9.80. The SMILES string of the molecule is C[C@H](Br)/C=C/C(=O)O. The third-order valence-corrected chi connectivity index (χ3v) is 0.809. The van der Waals surface area contributed by atoms with Crippen LogP contribution in [0.5, 0.6) is 0 Å². The molecule has 0 heterocycles. The Morgan fingerprint density at radius 2 is 2.38 bits per heavy atom. The van der Waals surface area contributed by atoms with Crippen molar-refractivity contribution in [1.29, 1.82) is 0 Å². The molecule has 0 saturated carbocycles. The molecule has 0 aliphatic carbocycles. The molecule has 0 bridgehead atoms. The number of halogens is 1. The maximum atomic E-state index is 9.80. The molecule has 46 valence electrons. The highest BCUT2D eigenvalue weighted by molar-refractivity contribution is 9.09. The zero-order chi connectivity index (χ0) is 6.57. The van der Waals surface area contributed by atoms with Crippen LogP contribution in [-0.4, -0.2) is 15.9 Å². The zero-order valence-electron chi connectivity index (χ0n) is 4.47. The second-order valence-corrected chi connectivity index (χ2v) is 2.82. The smallest absolute Gasteiger partial charge is 0.328 e. The minimum atomic E-state index is -0.906. The number of carboxylic acid groups (broad SMARTS) is 1. The fourth-order valence-electron chi connectivity index (χ4n) is 0.215. The molecule has 0 saturated heterocycles. The highest BCUT2D eigenvalue weighted by Gasteiger charge is 1.87. The first kappa shape index (κ1) is 7.69. The normalized spacial score (nSPS) is 14.2. The number of rotatable bonds is 2. The van der Waals surface area contributed by atoms with Gasteiger partial charge in [0.1, 0.15) is 0 Å². The Morgan fingerprint density at radius 1 is 1.88 bits per heavy atom. The summed E-state index contributed by atoms with van der Waals surface area (Å²) in [5, 5.41) is 8.05. The van der Waals surface area contributed by atoms with Crippen LogP contribution < -0.4 is 0 Å². The van der Waals surface area contributed by atoms with E-state index in [1.165, 1.54) is 0 Å². The van der Waals surface area contributed by atoms with Gasteiger partial charge in [0.15, 0.2) is 0 Å². The van der Waals surface area contributed by atoms with E-state index in [4.69, 9.17) is 5.11 Å². The van der Waals surface area contributed by atoms with Crippen molar-refractivity contribution >= 4 is 21.9 Å². The third-order valence-electron chi connectivity index (χ3n) is 0.504. The molecule has 1 N–H and O–H groups in total. The first-order valence-electron chi connectivity index (χ1n) is 2.18. The molecule has 0 aromatic heterocycles. The van der Waals surface area contributed by atoms with E-state index in [0.29, 0.717) is 0 Å². The Balaban J connectivity index is 3.50. The summed E-state index contributed by atoms with van der Waals surface area (Å²) in [7, 11) is 0. The summed E-state index contributed by atoms with van der Waals surface area (Å²) >= 11 is 3.15. The van der Waals surface area contributed by atoms with Crippen LogP contribution in [0, 0.1) is 0 Å². The van der Waals surface area contributed by atoms with E-state index in [9.17, 15) is 4.79 Å². The highest BCUT2D eigenvalue weighted by atomic mass is 79.9. The Bertz CT molecular complexity index is 107. The molecule has 8 heavy (non-hydrogen) atoms. The largest absolute Gasteiger partial charge is 0.478 e. The summed E-state index contributed by atoms with van der Waals surface area (Å²) in [5.74, 6) is -0.906. The maximum Gasteiger partial charge on any atom is 0.328 e. The predicted octanol–water partition coefficient (Wildman–Crippen LogP) is 1.41. The first-order valence-corrected chi connectivity index (χ1v) is 3.09. The molecule has 0 aliphatic heterocycles. The zero-order valence-corrected chi connectivity index (χ0v) is 6.05. The van der Waals surface area contributed by atoms with Gasteiger partial charge in [-0.3, -0.25) is 0 Å². The lowest BCUT2D eigenvalue weighted by Gasteiger charge is -1.86. The van der Waals surface area contributed by atoms with Crippen LogP contribution in [0.15, 0.2) is 12.2 Å². The third kappa shape index (κ3) is 5.69. The Labute approximate surface area is 56.3 Å². The van der Waals surface area contributed by atoms with Crippen LogP contribution in [-0.2, 0) is 4.79 Å². The molecule has 0 unspecified atom stereocenters. The number of allylic oxidation sites excluding steroid dienone is 1. The topological polar surface area (TPSA) is 37.3 Å². The summed E-state index contributed by atoms with van der Waals surface area (Å²) in [5.41, 5.74) is 0. The van der Waals surface area contributed by atoms with Crippen molar-refractivity contribution in [2.45, 2.75) is 11.8 Å². The highest BCUT2D eigenvalue weighted by Crippen LogP contribution is 1.97. The molecule has 0 aromatic rings. The van der Waals surface area contributed by atoms with Crippen LogP contribution in [0.2, 0.25) is 0 Å². The monoisotopic (exact) mass is 178 g/mol. The molecular weight excluding hydrogens is 172 g/mol. The van der Waals surface area contributed by atoms with Crippen LogP contribution in [0.25, 0.3) is 0 Å².